The first kappa shape index (κ1) is 30.4. The molecule has 0 aromatic carbocycles. The van der Waals surface area contributed by atoms with E-state index in [9.17, 15) is 20.0 Å². The highest BCUT2D eigenvalue weighted by Crippen LogP contribution is 2.77. The Balaban J connectivity index is 1.30. The molecule has 0 unspecified atom stereocenters. The fourth-order valence-electron chi connectivity index (χ4n) is 12.2. The summed E-state index contributed by atoms with van der Waals surface area (Å²) in [5, 5.41) is 19.5. The van der Waals surface area contributed by atoms with Gasteiger partial charge >= 0.3 is 0 Å². The number of ketones is 2. The summed E-state index contributed by atoms with van der Waals surface area (Å²) in [7, 11) is 0. The average Bonchev–Trinajstić information content (AvgIpc) is 3.78. The third-order valence-electron chi connectivity index (χ3n) is 15.1. The van der Waals surface area contributed by atoms with Crippen molar-refractivity contribution in [2.75, 3.05) is 39.3 Å². The number of fused-ring (bicyclic) bond motifs is 8. The summed E-state index contributed by atoms with van der Waals surface area (Å²) >= 11 is 0. The number of nitriles is 1. The van der Waals surface area contributed by atoms with E-state index in [4.69, 9.17) is 6.58 Å². The second-order valence-corrected chi connectivity index (χ2v) is 17.3. The molecule has 0 bridgehead atoms. The molecule has 0 amide bonds. The maximum atomic E-state index is 14.9. The molecule has 6 aliphatic carbocycles. The number of β-amino-alcohol motifs (C(OH)–C–C–N with tert-alkyl or cyclic N) is 1. The molecular formula is C38H53N3O3. The van der Waals surface area contributed by atoms with Crippen molar-refractivity contribution in [3.05, 3.63) is 35.6 Å². The molecule has 7 rings (SSSR count). The van der Waals surface area contributed by atoms with Gasteiger partial charge in [0.15, 0.2) is 11.6 Å². The van der Waals surface area contributed by atoms with Crippen molar-refractivity contribution < 1.29 is 14.7 Å². The molecule has 6 heteroatoms. The molecule has 1 spiro atoms. The summed E-state index contributed by atoms with van der Waals surface area (Å²) in [6.07, 6.45) is 13.1. The molecule has 7 atom stereocenters. The summed E-state index contributed by atoms with van der Waals surface area (Å²) in [5.41, 5.74) is 1.69. The number of aliphatic hydroxyl groups is 1. The lowest BCUT2D eigenvalue weighted by Gasteiger charge is -2.69. The molecule has 1 N–H and O–H groups in total. The van der Waals surface area contributed by atoms with Crippen LogP contribution < -0.4 is 0 Å². The molecule has 1 saturated heterocycles. The molecule has 7 aliphatic rings. The van der Waals surface area contributed by atoms with Gasteiger partial charge in [-0.15, -0.1) is 0 Å². The van der Waals surface area contributed by atoms with Crippen LogP contribution in [0.1, 0.15) is 92.4 Å². The zero-order chi connectivity index (χ0) is 31.5. The predicted molar refractivity (Wildman–Crippen MR) is 171 cm³/mol. The van der Waals surface area contributed by atoms with Crippen molar-refractivity contribution >= 4 is 11.6 Å². The minimum Gasteiger partial charge on any atom is -0.395 e. The molecule has 6 nitrogen and oxygen atoms in total. The summed E-state index contributed by atoms with van der Waals surface area (Å²) in [6.45, 7) is 21.4. The van der Waals surface area contributed by atoms with E-state index in [0.717, 1.165) is 90.5 Å². The van der Waals surface area contributed by atoms with Crippen LogP contribution in [-0.2, 0) is 9.59 Å². The van der Waals surface area contributed by atoms with Gasteiger partial charge in [-0.05, 0) is 91.9 Å². The number of rotatable bonds is 4. The van der Waals surface area contributed by atoms with Crippen molar-refractivity contribution in [3.63, 3.8) is 0 Å². The summed E-state index contributed by atoms with van der Waals surface area (Å²) < 4.78 is 0. The highest BCUT2D eigenvalue weighted by Gasteiger charge is 2.72. The van der Waals surface area contributed by atoms with E-state index >= 15 is 0 Å². The zero-order valence-corrected chi connectivity index (χ0v) is 27.8. The molecule has 0 aromatic rings. The molecule has 0 radical (unpaired) electrons. The molecular weight excluding hydrogens is 546 g/mol. The number of carbonyl (C=O) groups excluding carboxylic acids is 2. The van der Waals surface area contributed by atoms with Gasteiger partial charge in [0, 0.05) is 60.6 Å². The number of aliphatic hydroxyl groups excluding tert-OH is 1. The largest absolute Gasteiger partial charge is 0.395 e. The maximum Gasteiger partial charge on any atom is 0.179 e. The van der Waals surface area contributed by atoms with Crippen LogP contribution in [0.4, 0.5) is 0 Å². The van der Waals surface area contributed by atoms with E-state index in [1.807, 2.05) is 12.2 Å². The van der Waals surface area contributed by atoms with Crippen molar-refractivity contribution in [2.45, 2.75) is 92.4 Å². The number of nitrogens with zero attached hydrogens (tertiary/aromatic N) is 3. The third kappa shape index (κ3) is 3.84. The minimum absolute atomic E-state index is 0.0560. The van der Waals surface area contributed by atoms with E-state index in [1.165, 1.54) is 11.3 Å². The van der Waals surface area contributed by atoms with E-state index in [0.29, 0.717) is 5.57 Å². The Morgan fingerprint density at radius 2 is 1.68 bits per heavy atom. The minimum atomic E-state index is -0.440. The third-order valence-corrected chi connectivity index (χ3v) is 15.1. The molecule has 4 saturated carbocycles. The first-order valence-corrected chi connectivity index (χ1v) is 17.4. The maximum absolute atomic E-state index is 14.9. The smallest absolute Gasteiger partial charge is 0.179 e. The van der Waals surface area contributed by atoms with Crippen molar-refractivity contribution in [1.82, 2.24) is 9.80 Å². The van der Waals surface area contributed by atoms with Gasteiger partial charge in [0.25, 0.3) is 0 Å². The van der Waals surface area contributed by atoms with Gasteiger partial charge in [-0.2, -0.15) is 5.26 Å². The van der Waals surface area contributed by atoms with Crippen molar-refractivity contribution in [3.8, 4) is 6.07 Å². The van der Waals surface area contributed by atoms with Crippen LogP contribution in [0.5, 0.6) is 0 Å². The first-order chi connectivity index (χ1) is 20.7. The van der Waals surface area contributed by atoms with Gasteiger partial charge in [-0.3, -0.25) is 14.5 Å². The first-order valence-electron chi connectivity index (χ1n) is 17.4. The normalized spacial score (nSPS) is 43.9. The Bertz CT molecular complexity index is 1410. The van der Waals surface area contributed by atoms with Crippen LogP contribution in [0.25, 0.3) is 0 Å². The highest BCUT2D eigenvalue weighted by atomic mass is 16.3. The summed E-state index contributed by atoms with van der Waals surface area (Å²) in [6, 6.07) is 2.27. The number of Topliss-reactive ketones (excluding diaryl/α,β-unsaturated/α-hetero) is 1. The standard InChI is InChI=1S/C38H53N3O3/c1-25(41-17-15-40(16-18-41)19-20-42)37-11-9-33(2,3)23-27(37)31-28(43)21-30-34(4)22-26(24-39)32(44)38(13-14-38)29(34)7-8-35(30,5)36(31,6)10-12-37/h21-22,27,29,31,42H,1,7-20,23H2,2-6H3/t27-,29+,31-,34-,35+,36+,37+/m0/s1. The Hall–Kier alpha value is -2.23. The second kappa shape index (κ2) is 9.64. The number of piperazine rings is 1. The van der Waals surface area contributed by atoms with Gasteiger partial charge < -0.3 is 10.0 Å². The van der Waals surface area contributed by atoms with Crippen LogP contribution in [0.2, 0.25) is 0 Å². The van der Waals surface area contributed by atoms with Gasteiger partial charge in [0.05, 0.1) is 12.2 Å². The number of hydrogen-bond donors (Lipinski definition) is 1. The van der Waals surface area contributed by atoms with E-state index in [2.05, 4.69) is 50.5 Å². The van der Waals surface area contributed by atoms with Crippen LogP contribution in [0, 0.1) is 61.6 Å². The second-order valence-electron chi connectivity index (χ2n) is 17.3. The summed E-state index contributed by atoms with van der Waals surface area (Å²) in [5.74, 6) is 0.695. The Labute approximate surface area is 264 Å². The predicted octanol–water partition coefficient (Wildman–Crippen LogP) is 6.08. The lowest BCUT2D eigenvalue weighted by Crippen LogP contribution is -2.65. The molecule has 1 aliphatic heterocycles. The van der Waals surface area contributed by atoms with Gasteiger partial charge in [0.1, 0.15) is 6.07 Å². The van der Waals surface area contributed by atoms with Crippen LogP contribution in [0.3, 0.4) is 0 Å². The highest BCUT2D eigenvalue weighted by molar-refractivity contribution is 6.06. The Morgan fingerprint density at radius 3 is 2.32 bits per heavy atom. The molecule has 0 aromatic heterocycles. The molecule has 5 fully saturated rings. The molecule has 1 heterocycles. The van der Waals surface area contributed by atoms with Crippen molar-refractivity contribution in [1.29, 1.82) is 5.26 Å². The van der Waals surface area contributed by atoms with Crippen LogP contribution in [-0.4, -0.2) is 65.8 Å². The average molecular weight is 600 g/mol. The van der Waals surface area contributed by atoms with Gasteiger partial charge in [-0.25, -0.2) is 0 Å². The summed E-state index contributed by atoms with van der Waals surface area (Å²) in [4.78, 5) is 33.1. The van der Waals surface area contributed by atoms with Crippen LogP contribution in [0.15, 0.2) is 35.6 Å². The SMILES string of the molecule is C=C(N1CCN(CCO)CC1)[C@]12CCC(C)(C)C[C@H]1[C@H]1C(=O)C=C3[C@@]4(C)C=C(C#N)C(=O)C5(CC5)[C@@H]4CC[C@@]3(C)[C@]1(C)CC2. The van der Waals surface area contributed by atoms with E-state index in [-0.39, 0.29) is 57.6 Å². The Kier molecular flexibility index (Phi) is 6.67. The zero-order valence-electron chi connectivity index (χ0n) is 27.8. The Morgan fingerprint density at radius 1 is 1.00 bits per heavy atom. The van der Waals surface area contributed by atoms with Crippen LogP contribution >= 0.6 is 0 Å². The van der Waals surface area contributed by atoms with E-state index < -0.39 is 10.8 Å². The van der Waals surface area contributed by atoms with Gasteiger partial charge in [0.2, 0.25) is 0 Å². The van der Waals surface area contributed by atoms with E-state index in [1.54, 1.807) is 0 Å². The lowest BCUT2D eigenvalue weighted by molar-refractivity contribution is -0.167. The quantitative estimate of drug-likeness (QED) is 0.422. The van der Waals surface area contributed by atoms with Gasteiger partial charge in [-0.1, -0.05) is 52.8 Å². The number of allylic oxidation sites excluding steroid dienone is 5. The monoisotopic (exact) mass is 599 g/mol. The number of carbonyl (C=O) groups is 2. The molecule has 44 heavy (non-hydrogen) atoms. The molecule has 238 valence electrons. The number of hydrogen-bond acceptors (Lipinski definition) is 6. The fraction of sp³-hybridized carbons (Fsp3) is 0.763. The topological polar surface area (TPSA) is 84.6 Å². The lowest BCUT2D eigenvalue weighted by atomic mass is 9.34. The fourth-order valence-corrected chi connectivity index (χ4v) is 12.2. The van der Waals surface area contributed by atoms with Crippen molar-refractivity contribution in [2.24, 2.45) is 50.2 Å².